The summed E-state index contributed by atoms with van der Waals surface area (Å²) in [5.41, 5.74) is -0.341. The molecular formula is C38H77NO15. The molecule has 2 atom stereocenters. The number of carbonyl (C=O) groups excluding carboxylic acids is 2. The van der Waals surface area contributed by atoms with Crippen molar-refractivity contribution < 1.29 is 72.0 Å². The molecule has 54 heavy (non-hydrogen) atoms. The van der Waals surface area contributed by atoms with Gasteiger partial charge >= 0.3 is 17.9 Å². The molecule has 0 saturated heterocycles. The van der Waals surface area contributed by atoms with E-state index in [0.717, 1.165) is 25.8 Å². The van der Waals surface area contributed by atoms with Gasteiger partial charge in [0.2, 0.25) is 0 Å². The summed E-state index contributed by atoms with van der Waals surface area (Å²) >= 11 is 0. The third-order valence-corrected chi connectivity index (χ3v) is 7.57. The summed E-state index contributed by atoms with van der Waals surface area (Å²) in [5.74, 6) is -1.24. The van der Waals surface area contributed by atoms with Crippen LogP contribution < -0.4 is 0 Å². The summed E-state index contributed by atoms with van der Waals surface area (Å²) in [6.45, 7) is 22.3. The largest absolute Gasteiger partial charge is 0.481 e. The molecule has 2 N–H and O–H groups in total. The van der Waals surface area contributed by atoms with E-state index in [2.05, 4.69) is 0 Å². The molecule has 0 spiro atoms. The number of esters is 2. The van der Waals surface area contributed by atoms with Crippen LogP contribution in [0.3, 0.4) is 0 Å². The number of ether oxygens (including phenoxy) is 10. The van der Waals surface area contributed by atoms with Crippen LogP contribution in [0, 0.1) is 17.3 Å². The number of carbonyl (C=O) groups is 3. The van der Waals surface area contributed by atoms with Gasteiger partial charge in [0.05, 0.1) is 130 Å². The number of likely N-dealkylation sites (N-methyl/N-ethyl adjacent to an activating group) is 1. The van der Waals surface area contributed by atoms with Crippen molar-refractivity contribution in [3.63, 3.8) is 0 Å². The molecule has 16 heteroatoms. The molecule has 0 fully saturated rings. The van der Waals surface area contributed by atoms with Crippen molar-refractivity contribution in [2.24, 2.45) is 17.3 Å². The van der Waals surface area contributed by atoms with Crippen LogP contribution in [-0.2, 0) is 61.8 Å². The van der Waals surface area contributed by atoms with Gasteiger partial charge in [0, 0.05) is 6.54 Å². The molecular weight excluding hydrogens is 710 g/mol. The summed E-state index contributed by atoms with van der Waals surface area (Å²) in [6.07, 6.45) is 2.30. The first-order valence-corrected chi connectivity index (χ1v) is 19.2. The smallest absolute Gasteiger partial charge is 0.311 e. The SMILES string of the molecule is CCC(C)(C)C(=O)OCCN(C)C.CCC(C)C(=O)O.CCC(C)C(=O)OCCOCCOCCOCCOCCOCCOCCOCCOCCO. The van der Waals surface area contributed by atoms with Gasteiger partial charge in [-0.15, -0.1) is 0 Å². The molecule has 0 rings (SSSR count). The molecule has 0 heterocycles. The van der Waals surface area contributed by atoms with E-state index in [0.29, 0.717) is 112 Å². The first-order valence-electron chi connectivity index (χ1n) is 19.2. The predicted octanol–water partition coefficient (Wildman–Crippen LogP) is 3.35. The van der Waals surface area contributed by atoms with Crippen LogP contribution in [0.15, 0.2) is 0 Å². The lowest BCUT2D eigenvalue weighted by molar-refractivity contribution is -0.154. The monoisotopic (exact) mass is 788 g/mol. The number of hydrogen-bond acceptors (Lipinski definition) is 15. The molecule has 0 bridgehead atoms. The highest BCUT2D eigenvalue weighted by atomic mass is 16.6. The molecule has 2 unspecified atom stereocenters. The van der Waals surface area contributed by atoms with Crippen LogP contribution in [0.1, 0.15) is 67.7 Å². The van der Waals surface area contributed by atoms with E-state index in [1.165, 1.54) is 0 Å². The fourth-order valence-corrected chi connectivity index (χ4v) is 3.05. The number of aliphatic carboxylic acids is 1. The van der Waals surface area contributed by atoms with Crippen molar-refractivity contribution in [2.45, 2.75) is 67.7 Å². The molecule has 0 amide bonds. The van der Waals surface area contributed by atoms with Crippen molar-refractivity contribution in [1.29, 1.82) is 0 Å². The van der Waals surface area contributed by atoms with Gasteiger partial charge in [-0.2, -0.15) is 0 Å². The average molecular weight is 788 g/mol. The molecule has 324 valence electrons. The van der Waals surface area contributed by atoms with E-state index in [-0.39, 0.29) is 42.4 Å². The number of nitrogens with zero attached hydrogens (tertiary/aromatic N) is 1. The van der Waals surface area contributed by atoms with E-state index in [4.69, 9.17) is 57.6 Å². The highest BCUT2D eigenvalue weighted by Gasteiger charge is 2.26. The van der Waals surface area contributed by atoms with E-state index in [1.807, 2.05) is 60.5 Å². The third-order valence-electron chi connectivity index (χ3n) is 7.57. The maximum atomic E-state index is 11.5. The second-order valence-electron chi connectivity index (χ2n) is 12.9. The highest BCUT2D eigenvalue weighted by molar-refractivity contribution is 5.75. The summed E-state index contributed by atoms with van der Waals surface area (Å²) in [4.78, 5) is 34.8. The summed E-state index contributed by atoms with van der Waals surface area (Å²) in [5, 5.41) is 16.7. The molecule has 16 nitrogen and oxygen atoms in total. The molecule has 0 aromatic carbocycles. The Balaban J connectivity index is -0.00000106. The van der Waals surface area contributed by atoms with Gasteiger partial charge in [0.15, 0.2) is 0 Å². The number of hydrogen-bond donors (Lipinski definition) is 2. The second kappa shape index (κ2) is 42.2. The van der Waals surface area contributed by atoms with Gasteiger partial charge in [-0.25, -0.2) is 0 Å². The predicted molar refractivity (Wildman–Crippen MR) is 205 cm³/mol. The minimum absolute atomic E-state index is 0.0252. The second-order valence-corrected chi connectivity index (χ2v) is 12.9. The van der Waals surface area contributed by atoms with Gasteiger partial charge < -0.3 is 62.5 Å². The number of rotatable bonds is 35. The molecule has 0 radical (unpaired) electrons. The standard InChI is InChI=1S/C23H46O11.C10H21NO2.C5H10O2/c1-3-22(2)23(25)34-21-20-33-19-18-32-17-16-31-15-14-30-13-12-29-11-10-28-9-8-27-7-6-26-5-4-24;1-6-10(2,3)9(12)13-8-7-11(4)5;1-3-4(2)5(6)7/h22,24H,3-21H2,1-2H3;6-8H2,1-5H3;4H,3H2,1-2H3,(H,6,7). The Morgan fingerprint density at radius 1 is 0.537 bits per heavy atom. The topological polar surface area (TPSA) is 187 Å². The van der Waals surface area contributed by atoms with Crippen LogP contribution in [0.4, 0.5) is 0 Å². The molecule has 0 aliphatic carbocycles. The molecule has 0 aromatic heterocycles. The lowest BCUT2D eigenvalue weighted by Crippen LogP contribution is -2.28. The van der Waals surface area contributed by atoms with Gasteiger partial charge in [-0.05, 0) is 47.2 Å². The zero-order valence-electron chi connectivity index (χ0n) is 35.1. The van der Waals surface area contributed by atoms with Crippen molar-refractivity contribution in [3.05, 3.63) is 0 Å². The maximum absolute atomic E-state index is 11.5. The normalized spacial score (nSPS) is 12.3. The molecule has 0 aromatic rings. The summed E-state index contributed by atoms with van der Waals surface area (Å²) < 4.78 is 52.9. The lowest BCUT2D eigenvalue weighted by atomic mass is 9.91. The van der Waals surface area contributed by atoms with Crippen LogP contribution in [0.2, 0.25) is 0 Å². The van der Waals surface area contributed by atoms with Crippen molar-refractivity contribution >= 4 is 17.9 Å². The number of carboxylic acid groups (broad SMARTS) is 1. The fraction of sp³-hybridized carbons (Fsp3) is 0.921. The van der Waals surface area contributed by atoms with Crippen LogP contribution in [-0.4, -0.2) is 179 Å². The zero-order valence-corrected chi connectivity index (χ0v) is 35.1. The van der Waals surface area contributed by atoms with Crippen molar-refractivity contribution in [3.8, 4) is 0 Å². The Labute approximate surface area is 325 Å². The van der Waals surface area contributed by atoms with Crippen LogP contribution >= 0.6 is 0 Å². The summed E-state index contributed by atoms with van der Waals surface area (Å²) in [7, 11) is 3.91. The Morgan fingerprint density at radius 2 is 0.870 bits per heavy atom. The number of aliphatic hydroxyl groups excluding tert-OH is 1. The fourth-order valence-electron chi connectivity index (χ4n) is 3.05. The molecule has 0 aliphatic rings. The maximum Gasteiger partial charge on any atom is 0.311 e. The Kier molecular flexibility index (Phi) is 44.0. The van der Waals surface area contributed by atoms with Gasteiger partial charge in [0.25, 0.3) is 0 Å². The van der Waals surface area contributed by atoms with Crippen LogP contribution in [0.25, 0.3) is 0 Å². The van der Waals surface area contributed by atoms with Crippen LogP contribution in [0.5, 0.6) is 0 Å². The first kappa shape index (κ1) is 56.3. The van der Waals surface area contributed by atoms with Crippen molar-refractivity contribution in [1.82, 2.24) is 4.90 Å². The molecule has 0 saturated carbocycles. The van der Waals surface area contributed by atoms with Gasteiger partial charge in [-0.1, -0.05) is 34.6 Å². The summed E-state index contributed by atoms with van der Waals surface area (Å²) in [6, 6.07) is 0. The Bertz CT molecular complexity index is 833. The minimum atomic E-state index is -0.706. The average Bonchev–Trinajstić information content (AvgIpc) is 3.15. The quantitative estimate of drug-likeness (QED) is 0.0703. The van der Waals surface area contributed by atoms with Crippen molar-refractivity contribution in [2.75, 3.05) is 146 Å². The zero-order chi connectivity index (χ0) is 41.3. The molecule has 0 aliphatic heterocycles. The first-order chi connectivity index (χ1) is 25.8. The van der Waals surface area contributed by atoms with E-state index in [9.17, 15) is 14.4 Å². The number of carboxylic acids is 1. The lowest BCUT2D eigenvalue weighted by Gasteiger charge is -2.20. The van der Waals surface area contributed by atoms with E-state index in [1.54, 1.807) is 6.92 Å². The minimum Gasteiger partial charge on any atom is -0.481 e. The Morgan fingerprint density at radius 3 is 1.13 bits per heavy atom. The van der Waals surface area contributed by atoms with E-state index < -0.39 is 5.97 Å². The third kappa shape index (κ3) is 42.7. The Hall–Kier alpha value is -1.99. The number of aliphatic hydroxyl groups is 1. The highest BCUT2D eigenvalue weighted by Crippen LogP contribution is 2.21. The van der Waals surface area contributed by atoms with Gasteiger partial charge in [0.1, 0.15) is 13.2 Å². The van der Waals surface area contributed by atoms with E-state index >= 15 is 0 Å². The van der Waals surface area contributed by atoms with Gasteiger partial charge in [-0.3, -0.25) is 14.4 Å².